The van der Waals surface area contributed by atoms with Gasteiger partial charge in [0.05, 0.1) is 11.3 Å². The van der Waals surface area contributed by atoms with Crippen molar-refractivity contribution in [3.8, 4) is 0 Å². The summed E-state index contributed by atoms with van der Waals surface area (Å²) in [5, 5.41) is 7.25. The highest BCUT2D eigenvalue weighted by molar-refractivity contribution is 6.02. The van der Waals surface area contributed by atoms with Gasteiger partial charge in [0.25, 0.3) is 0 Å². The minimum absolute atomic E-state index is 0.301. The van der Waals surface area contributed by atoms with Gasteiger partial charge >= 0.3 is 12.2 Å². The van der Waals surface area contributed by atoms with Crippen molar-refractivity contribution in [1.82, 2.24) is 10.6 Å². The van der Waals surface area contributed by atoms with Gasteiger partial charge < -0.3 is 10.6 Å². The molecule has 1 aliphatic rings. The SMILES string of the molecule is O=C(NC(=O)C1CCNCC1)Nc1ccccc1C(F)(F)F. The predicted octanol–water partition coefficient (Wildman–Crippen LogP) is 2.35. The number of imide groups is 1. The van der Waals surface area contributed by atoms with Gasteiger partial charge in [0, 0.05) is 5.92 Å². The average molecular weight is 315 g/mol. The first-order valence-electron chi connectivity index (χ1n) is 6.86. The molecular weight excluding hydrogens is 299 g/mol. The smallest absolute Gasteiger partial charge is 0.317 e. The van der Waals surface area contributed by atoms with E-state index < -0.39 is 23.7 Å². The lowest BCUT2D eigenvalue weighted by Gasteiger charge is -2.21. The zero-order valence-corrected chi connectivity index (χ0v) is 11.7. The summed E-state index contributed by atoms with van der Waals surface area (Å²) in [6.07, 6.45) is -3.39. The number of rotatable bonds is 2. The lowest BCUT2D eigenvalue weighted by Crippen LogP contribution is -2.42. The third-order valence-corrected chi connectivity index (χ3v) is 3.43. The van der Waals surface area contributed by atoms with Gasteiger partial charge in [-0.1, -0.05) is 12.1 Å². The van der Waals surface area contributed by atoms with E-state index in [0.29, 0.717) is 25.9 Å². The zero-order valence-electron chi connectivity index (χ0n) is 11.7. The van der Waals surface area contributed by atoms with Crippen LogP contribution >= 0.6 is 0 Å². The van der Waals surface area contributed by atoms with Gasteiger partial charge in [-0.3, -0.25) is 10.1 Å². The molecule has 1 aromatic rings. The number of amides is 3. The highest BCUT2D eigenvalue weighted by atomic mass is 19.4. The van der Waals surface area contributed by atoms with E-state index in [2.05, 4.69) is 16.0 Å². The molecule has 2 rings (SSSR count). The Morgan fingerprint density at radius 3 is 2.41 bits per heavy atom. The summed E-state index contributed by atoms with van der Waals surface area (Å²) in [6.45, 7) is 1.35. The number of alkyl halides is 3. The number of para-hydroxylation sites is 1. The summed E-state index contributed by atoms with van der Waals surface area (Å²) >= 11 is 0. The molecule has 5 nitrogen and oxygen atoms in total. The van der Waals surface area contributed by atoms with Crippen LogP contribution in [0.15, 0.2) is 24.3 Å². The molecule has 1 aromatic carbocycles. The number of piperidine rings is 1. The van der Waals surface area contributed by atoms with E-state index >= 15 is 0 Å². The first-order valence-corrected chi connectivity index (χ1v) is 6.86. The highest BCUT2D eigenvalue weighted by Gasteiger charge is 2.33. The molecule has 0 bridgehead atoms. The van der Waals surface area contributed by atoms with Crippen LogP contribution in [0.25, 0.3) is 0 Å². The number of urea groups is 1. The fourth-order valence-electron chi connectivity index (χ4n) is 2.29. The van der Waals surface area contributed by atoms with Crippen LogP contribution in [0.2, 0.25) is 0 Å². The molecule has 120 valence electrons. The number of carbonyl (C=O) groups excluding carboxylic acids is 2. The molecule has 1 heterocycles. The van der Waals surface area contributed by atoms with Crippen LogP contribution in [-0.4, -0.2) is 25.0 Å². The molecule has 22 heavy (non-hydrogen) atoms. The summed E-state index contributed by atoms with van der Waals surface area (Å²) in [5.74, 6) is -0.770. The van der Waals surface area contributed by atoms with Crippen LogP contribution in [-0.2, 0) is 11.0 Å². The summed E-state index contributed by atoms with van der Waals surface area (Å²) in [4.78, 5) is 23.6. The van der Waals surface area contributed by atoms with E-state index in [0.717, 1.165) is 12.1 Å². The van der Waals surface area contributed by atoms with Gasteiger partial charge in [-0.15, -0.1) is 0 Å². The van der Waals surface area contributed by atoms with E-state index in [-0.39, 0.29) is 11.6 Å². The second-order valence-corrected chi connectivity index (χ2v) is 5.01. The number of hydrogen-bond acceptors (Lipinski definition) is 3. The monoisotopic (exact) mass is 315 g/mol. The second-order valence-electron chi connectivity index (χ2n) is 5.01. The van der Waals surface area contributed by atoms with Gasteiger partial charge in [0.2, 0.25) is 5.91 Å². The van der Waals surface area contributed by atoms with Crippen LogP contribution in [0.5, 0.6) is 0 Å². The summed E-state index contributed by atoms with van der Waals surface area (Å²) in [7, 11) is 0. The number of carbonyl (C=O) groups is 2. The van der Waals surface area contributed by atoms with Crippen molar-refractivity contribution in [3.05, 3.63) is 29.8 Å². The number of nitrogens with one attached hydrogen (secondary N) is 3. The minimum Gasteiger partial charge on any atom is -0.317 e. The number of halogens is 3. The van der Waals surface area contributed by atoms with Crippen LogP contribution in [0.3, 0.4) is 0 Å². The lowest BCUT2D eigenvalue weighted by molar-refractivity contribution is -0.136. The second kappa shape index (κ2) is 6.78. The van der Waals surface area contributed by atoms with Crippen molar-refractivity contribution in [2.24, 2.45) is 5.92 Å². The fraction of sp³-hybridized carbons (Fsp3) is 0.429. The van der Waals surface area contributed by atoms with E-state index in [1.54, 1.807) is 0 Å². The standard InChI is InChI=1S/C14H16F3N3O2/c15-14(16,17)10-3-1-2-4-11(10)19-13(22)20-12(21)9-5-7-18-8-6-9/h1-4,9,18H,5-8H2,(H2,19,20,21,22). The molecule has 1 fully saturated rings. The molecule has 0 radical (unpaired) electrons. The molecular formula is C14H16F3N3O2. The number of benzene rings is 1. The van der Waals surface area contributed by atoms with Crippen molar-refractivity contribution in [3.63, 3.8) is 0 Å². The van der Waals surface area contributed by atoms with E-state index in [9.17, 15) is 22.8 Å². The fourth-order valence-corrected chi connectivity index (χ4v) is 2.29. The molecule has 0 aromatic heterocycles. The Kier molecular flexibility index (Phi) is 5.02. The third kappa shape index (κ3) is 4.20. The Balaban J connectivity index is 1.99. The topological polar surface area (TPSA) is 70.2 Å². The van der Waals surface area contributed by atoms with Crippen molar-refractivity contribution < 1.29 is 22.8 Å². The Bertz CT molecular complexity index is 555. The maximum Gasteiger partial charge on any atom is 0.418 e. The van der Waals surface area contributed by atoms with Crippen molar-refractivity contribution >= 4 is 17.6 Å². The maximum atomic E-state index is 12.8. The van der Waals surface area contributed by atoms with Crippen LogP contribution < -0.4 is 16.0 Å². The van der Waals surface area contributed by atoms with Crippen LogP contribution in [0.1, 0.15) is 18.4 Å². The molecule has 3 N–H and O–H groups in total. The first kappa shape index (κ1) is 16.3. The average Bonchev–Trinajstić information content (AvgIpc) is 2.47. The van der Waals surface area contributed by atoms with E-state index in [1.807, 2.05) is 0 Å². The minimum atomic E-state index is -4.58. The lowest BCUT2D eigenvalue weighted by atomic mass is 9.97. The normalized spacial score (nSPS) is 16.1. The van der Waals surface area contributed by atoms with E-state index in [1.165, 1.54) is 12.1 Å². The van der Waals surface area contributed by atoms with E-state index in [4.69, 9.17) is 0 Å². The summed E-state index contributed by atoms with van der Waals surface area (Å²) in [5.41, 5.74) is -1.34. The quantitative estimate of drug-likeness (QED) is 0.784. The van der Waals surface area contributed by atoms with Crippen molar-refractivity contribution in [1.29, 1.82) is 0 Å². The summed E-state index contributed by atoms with van der Waals surface area (Å²) in [6, 6.07) is 3.65. The molecule has 8 heteroatoms. The molecule has 0 unspecified atom stereocenters. The van der Waals surface area contributed by atoms with Crippen LogP contribution in [0.4, 0.5) is 23.7 Å². The van der Waals surface area contributed by atoms with Gasteiger partial charge in [0.15, 0.2) is 0 Å². The van der Waals surface area contributed by atoms with Crippen molar-refractivity contribution in [2.75, 3.05) is 18.4 Å². The van der Waals surface area contributed by atoms with Gasteiger partial charge in [0.1, 0.15) is 0 Å². The highest BCUT2D eigenvalue weighted by Crippen LogP contribution is 2.34. The Morgan fingerprint density at radius 2 is 1.77 bits per heavy atom. The third-order valence-electron chi connectivity index (χ3n) is 3.43. The van der Waals surface area contributed by atoms with Crippen LogP contribution in [0, 0.1) is 5.92 Å². The van der Waals surface area contributed by atoms with Gasteiger partial charge in [-0.05, 0) is 38.1 Å². The molecule has 0 aliphatic carbocycles. The van der Waals surface area contributed by atoms with Crippen molar-refractivity contribution in [2.45, 2.75) is 19.0 Å². The largest absolute Gasteiger partial charge is 0.418 e. The number of hydrogen-bond donors (Lipinski definition) is 3. The zero-order chi connectivity index (χ0) is 16.2. The molecule has 1 saturated heterocycles. The molecule has 0 spiro atoms. The van der Waals surface area contributed by atoms with Gasteiger partial charge in [-0.25, -0.2) is 4.79 Å². The Hall–Kier alpha value is -2.09. The molecule has 0 saturated carbocycles. The molecule has 3 amide bonds. The maximum absolute atomic E-state index is 12.8. The first-order chi connectivity index (χ1) is 10.4. The van der Waals surface area contributed by atoms with Gasteiger partial charge in [-0.2, -0.15) is 13.2 Å². The Labute approximate surface area is 125 Å². The molecule has 0 atom stereocenters. The summed E-state index contributed by atoms with van der Waals surface area (Å²) < 4.78 is 38.4. The molecule has 1 aliphatic heterocycles. The Morgan fingerprint density at radius 1 is 1.14 bits per heavy atom. The predicted molar refractivity (Wildman–Crippen MR) is 74.2 cm³/mol. The number of anilines is 1.